The number of carbonyl (C=O) groups excluding carboxylic acids is 1. The average molecular weight is 207 g/mol. The number of hydrogen-bond acceptors (Lipinski definition) is 2. The molecule has 2 N–H and O–H groups in total. The number of nitrogens with one attached hydrogen (secondary N) is 1. The highest BCUT2D eigenvalue weighted by molar-refractivity contribution is 5.94. The Hall–Kier alpha value is -1.35. The molecular weight excluding hydrogens is 190 g/mol. The van der Waals surface area contributed by atoms with E-state index in [0.29, 0.717) is 11.5 Å². The number of hydrogen-bond donors (Lipinski definition) is 2. The molecule has 3 heteroatoms. The molecule has 0 aliphatic carbocycles. The van der Waals surface area contributed by atoms with Crippen molar-refractivity contribution < 1.29 is 9.90 Å². The van der Waals surface area contributed by atoms with Crippen molar-refractivity contribution in [2.75, 3.05) is 0 Å². The molecule has 15 heavy (non-hydrogen) atoms. The summed E-state index contributed by atoms with van der Waals surface area (Å²) in [5, 5.41) is 11.4. The third kappa shape index (κ3) is 3.36. The Morgan fingerprint density at radius 2 is 1.73 bits per heavy atom. The molecular formula is C12H17NO2. The zero-order valence-corrected chi connectivity index (χ0v) is 9.32. The lowest BCUT2D eigenvalue weighted by molar-refractivity contribution is 0.0819. The highest BCUT2D eigenvalue weighted by Crippen LogP contribution is 2.14. The third-order valence-corrected chi connectivity index (χ3v) is 2.18. The summed E-state index contributed by atoms with van der Waals surface area (Å²) in [5.74, 6) is 0.208. The second kappa shape index (κ2) is 4.94. The average Bonchev–Trinajstić information content (AvgIpc) is 2.17. The number of aliphatic hydroxyl groups is 1. The van der Waals surface area contributed by atoms with Gasteiger partial charge in [-0.15, -0.1) is 0 Å². The Labute approximate surface area is 90.1 Å². The van der Waals surface area contributed by atoms with Crippen molar-refractivity contribution in [3.8, 4) is 0 Å². The van der Waals surface area contributed by atoms with Gasteiger partial charge in [-0.05, 0) is 30.5 Å². The highest BCUT2D eigenvalue weighted by Gasteiger charge is 2.07. The molecule has 0 spiro atoms. The fourth-order valence-corrected chi connectivity index (χ4v) is 1.29. The molecule has 82 valence electrons. The van der Waals surface area contributed by atoms with Gasteiger partial charge in [0.25, 0.3) is 5.91 Å². The maximum absolute atomic E-state index is 11.5. The summed E-state index contributed by atoms with van der Waals surface area (Å²) in [7, 11) is 0. The Balaban J connectivity index is 2.75. The predicted molar refractivity (Wildman–Crippen MR) is 59.7 cm³/mol. The van der Waals surface area contributed by atoms with Crippen LogP contribution in [0.4, 0.5) is 0 Å². The highest BCUT2D eigenvalue weighted by atomic mass is 16.3. The monoisotopic (exact) mass is 207 g/mol. The summed E-state index contributed by atoms with van der Waals surface area (Å²) >= 11 is 0. The van der Waals surface area contributed by atoms with Crippen LogP contribution in [0.25, 0.3) is 0 Å². The number of amides is 1. The van der Waals surface area contributed by atoms with Crippen molar-refractivity contribution in [1.29, 1.82) is 0 Å². The van der Waals surface area contributed by atoms with Crippen molar-refractivity contribution in [1.82, 2.24) is 5.32 Å². The normalized spacial score (nSPS) is 12.6. The van der Waals surface area contributed by atoms with Gasteiger partial charge in [0.05, 0.1) is 0 Å². The summed E-state index contributed by atoms with van der Waals surface area (Å²) in [6.45, 7) is 5.72. The second-order valence-corrected chi connectivity index (χ2v) is 3.93. The van der Waals surface area contributed by atoms with E-state index >= 15 is 0 Å². The number of rotatable bonds is 3. The minimum absolute atomic E-state index is 0.250. The zero-order chi connectivity index (χ0) is 11.4. The smallest absolute Gasteiger partial charge is 0.253 e. The van der Waals surface area contributed by atoms with Gasteiger partial charge in [0.1, 0.15) is 6.23 Å². The van der Waals surface area contributed by atoms with E-state index in [9.17, 15) is 4.79 Å². The molecule has 0 saturated carbocycles. The lowest BCUT2D eigenvalue weighted by Gasteiger charge is -2.09. The zero-order valence-electron chi connectivity index (χ0n) is 9.32. The molecule has 0 bridgehead atoms. The van der Waals surface area contributed by atoms with Gasteiger partial charge in [0, 0.05) is 5.56 Å². The fraction of sp³-hybridized carbons (Fsp3) is 0.417. The minimum Gasteiger partial charge on any atom is -0.374 e. The van der Waals surface area contributed by atoms with Crippen molar-refractivity contribution in [2.24, 2.45) is 0 Å². The van der Waals surface area contributed by atoms with Crippen LogP contribution >= 0.6 is 0 Å². The molecule has 1 amide bonds. The Bertz CT molecular complexity index is 328. The summed E-state index contributed by atoms with van der Waals surface area (Å²) in [5.41, 5.74) is 1.77. The van der Waals surface area contributed by atoms with E-state index in [0.717, 1.165) is 0 Å². The van der Waals surface area contributed by atoms with Crippen molar-refractivity contribution >= 4 is 5.91 Å². The summed E-state index contributed by atoms with van der Waals surface area (Å²) in [6, 6.07) is 7.41. The van der Waals surface area contributed by atoms with Gasteiger partial charge >= 0.3 is 0 Å². The molecule has 0 radical (unpaired) electrons. The molecule has 0 unspecified atom stereocenters. The number of benzene rings is 1. The largest absolute Gasteiger partial charge is 0.374 e. The van der Waals surface area contributed by atoms with Crippen LogP contribution in [0.2, 0.25) is 0 Å². The molecule has 3 nitrogen and oxygen atoms in total. The van der Waals surface area contributed by atoms with E-state index in [1.165, 1.54) is 12.5 Å². The molecule has 0 aliphatic heterocycles. The maximum Gasteiger partial charge on any atom is 0.253 e. The maximum atomic E-state index is 11.5. The lowest BCUT2D eigenvalue weighted by atomic mass is 10.0. The summed E-state index contributed by atoms with van der Waals surface area (Å²) in [4.78, 5) is 11.5. The minimum atomic E-state index is -0.817. The first-order valence-electron chi connectivity index (χ1n) is 5.09. The molecule has 0 aliphatic rings. The van der Waals surface area contributed by atoms with Crippen LogP contribution in [0.3, 0.4) is 0 Å². The first kappa shape index (κ1) is 11.7. The van der Waals surface area contributed by atoms with E-state index in [1.807, 2.05) is 12.1 Å². The summed E-state index contributed by atoms with van der Waals surface area (Å²) < 4.78 is 0. The lowest BCUT2D eigenvalue weighted by Crippen LogP contribution is -2.31. The SMILES string of the molecule is CC(C)c1ccc(C(=O)N[C@@H](C)O)cc1. The topological polar surface area (TPSA) is 49.3 Å². The molecule has 0 aromatic heterocycles. The van der Waals surface area contributed by atoms with Gasteiger partial charge in [-0.2, -0.15) is 0 Å². The van der Waals surface area contributed by atoms with Gasteiger partial charge in [0.15, 0.2) is 0 Å². The molecule has 0 heterocycles. The van der Waals surface area contributed by atoms with Crippen molar-refractivity contribution in [2.45, 2.75) is 32.9 Å². The Kier molecular flexibility index (Phi) is 3.86. The van der Waals surface area contributed by atoms with E-state index in [-0.39, 0.29) is 5.91 Å². The first-order valence-corrected chi connectivity index (χ1v) is 5.09. The molecule has 1 aromatic carbocycles. The quantitative estimate of drug-likeness (QED) is 0.743. The number of aliphatic hydroxyl groups excluding tert-OH is 1. The molecule has 1 rings (SSSR count). The predicted octanol–water partition coefficient (Wildman–Crippen LogP) is 1.88. The fourth-order valence-electron chi connectivity index (χ4n) is 1.29. The van der Waals surface area contributed by atoms with Gasteiger partial charge in [-0.3, -0.25) is 4.79 Å². The van der Waals surface area contributed by atoms with Crippen LogP contribution in [0.5, 0.6) is 0 Å². The van der Waals surface area contributed by atoms with Crippen LogP contribution < -0.4 is 5.32 Å². The Morgan fingerprint density at radius 1 is 1.20 bits per heavy atom. The van der Waals surface area contributed by atoms with Crippen LogP contribution in [-0.4, -0.2) is 17.2 Å². The van der Waals surface area contributed by atoms with Crippen LogP contribution in [0.1, 0.15) is 42.6 Å². The van der Waals surface area contributed by atoms with Gasteiger partial charge in [-0.25, -0.2) is 0 Å². The second-order valence-electron chi connectivity index (χ2n) is 3.93. The van der Waals surface area contributed by atoms with E-state index in [2.05, 4.69) is 19.2 Å². The van der Waals surface area contributed by atoms with E-state index in [1.54, 1.807) is 12.1 Å². The standard InChI is InChI=1S/C12H17NO2/c1-8(2)10-4-6-11(7-5-10)12(15)13-9(3)14/h4-9,14H,1-3H3,(H,13,15)/t9-/m1/s1. The molecule has 0 fully saturated rings. The molecule has 0 saturated heterocycles. The van der Waals surface area contributed by atoms with Crippen LogP contribution in [0, 0.1) is 0 Å². The van der Waals surface area contributed by atoms with Gasteiger partial charge < -0.3 is 10.4 Å². The third-order valence-electron chi connectivity index (χ3n) is 2.18. The molecule has 1 aromatic rings. The van der Waals surface area contributed by atoms with Crippen molar-refractivity contribution in [3.05, 3.63) is 35.4 Å². The molecule has 1 atom stereocenters. The van der Waals surface area contributed by atoms with Gasteiger partial charge in [0.2, 0.25) is 0 Å². The van der Waals surface area contributed by atoms with Crippen molar-refractivity contribution in [3.63, 3.8) is 0 Å². The first-order chi connectivity index (χ1) is 7.00. The van der Waals surface area contributed by atoms with E-state index < -0.39 is 6.23 Å². The van der Waals surface area contributed by atoms with Crippen LogP contribution in [-0.2, 0) is 0 Å². The number of carbonyl (C=O) groups is 1. The van der Waals surface area contributed by atoms with Gasteiger partial charge in [-0.1, -0.05) is 26.0 Å². The van der Waals surface area contributed by atoms with E-state index in [4.69, 9.17) is 5.11 Å². The Morgan fingerprint density at radius 3 is 2.13 bits per heavy atom. The summed E-state index contributed by atoms with van der Waals surface area (Å²) in [6.07, 6.45) is -0.817. The van der Waals surface area contributed by atoms with Crippen LogP contribution in [0.15, 0.2) is 24.3 Å².